The molecule has 0 aromatic heterocycles. The molecule has 160 valence electrons. The molecule has 0 aliphatic carbocycles. The zero-order valence-corrected chi connectivity index (χ0v) is 18.5. The normalized spacial score (nSPS) is 18.3. The molecule has 30 heavy (non-hydrogen) atoms. The molecule has 0 spiro atoms. The van der Waals surface area contributed by atoms with Crippen LogP contribution in [0.3, 0.4) is 0 Å². The third-order valence-electron chi connectivity index (χ3n) is 5.68. The molecule has 0 unspecified atom stereocenters. The summed E-state index contributed by atoms with van der Waals surface area (Å²) in [4.78, 5) is 0. The maximum Gasteiger partial charge on any atom is 0.123 e. The highest BCUT2D eigenvalue weighted by Crippen LogP contribution is 2.31. The first-order valence-corrected chi connectivity index (χ1v) is 10.1. The summed E-state index contributed by atoms with van der Waals surface area (Å²) in [7, 11) is 0. The van der Waals surface area contributed by atoms with Crippen LogP contribution in [0.25, 0.3) is 0 Å². The van der Waals surface area contributed by atoms with Crippen LogP contribution in [0.15, 0.2) is 84.9 Å². The Balaban J connectivity index is 0.00000160. The molecule has 4 rings (SSSR count). The van der Waals surface area contributed by atoms with Gasteiger partial charge in [0.15, 0.2) is 0 Å². The Morgan fingerprint density at radius 1 is 0.800 bits per heavy atom. The maximum absolute atomic E-state index is 13.0. The highest BCUT2D eigenvalue weighted by atomic mass is 35.5. The number of halogens is 3. The Morgan fingerprint density at radius 2 is 1.37 bits per heavy atom. The minimum Gasteiger partial charge on any atom is -0.311 e. The van der Waals surface area contributed by atoms with Crippen molar-refractivity contribution in [1.82, 2.24) is 10.6 Å². The fourth-order valence-corrected chi connectivity index (χ4v) is 4.18. The van der Waals surface area contributed by atoms with Gasteiger partial charge in [-0.15, -0.1) is 24.8 Å². The first-order chi connectivity index (χ1) is 13.8. The van der Waals surface area contributed by atoms with E-state index in [1.54, 1.807) is 0 Å². The van der Waals surface area contributed by atoms with E-state index in [2.05, 4.69) is 71.3 Å². The van der Waals surface area contributed by atoms with Crippen LogP contribution < -0.4 is 10.6 Å². The van der Waals surface area contributed by atoms with Crippen molar-refractivity contribution < 1.29 is 4.39 Å². The molecular formula is C25H29Cl2FN2. The van der Waals surface area contributed by atoms with E-state index in [0.29, 0.717) is 18.0 Å². The predicted octanol–water partition coefficient (Wildman–Crippen LogP) is 5.71. The summed E-state index contributed by atoms with van der Waals surface area (Å²) >= 11 is 0. The van der Waals surface area contributed by atoms with Crippen molar-refractivity contribution in [3.8, 4) is 0 Å². The number of piperidine rings is 1. The van der Waals surface area contributed by atoms with Crippen LogP contribution in [-0.4, -0.2) is 18.6 Å². The standard InChI is InChI=1S/C25H27FN2.2ClH/c26-22-13-11-19(12-14-22)17-27-23-15-16-24(28-18-23)25(20-7-3-1-4-8-20)21-9-5-2-6-10-21;;/h1-14,23-25,27-28H,15-18H2;2*1H/t23-,24-;;/m0../s1. The lowest BCUT2D eigenvalue weighted by Crippen LogP contribution is -2.49. The van der Waals surface area contributed by atoms with Gasteiger partial charge in [0.1, 0.15) is 5.82 Å². The second-order valence-corrected chi connectivity index (χ2v) is 7.60. The van der Waals surface area contributed by atoms with Crippen molar-refractivity contribution in [2.75, 3.05) is 6.54 Å². The molecule has 3 aromatic carbocycles. The van der Waals surface area contributed by atoms with Crippen LogP contribution in [0.1, 0.15) is 35.4 Å². The van der Waals surface area contributed by atoms with Gasteiger partial charge in [-0.1, -0.05) is 72.8 Å². The average Bonchev–Trinajstić information content (AvgIpc) is 2.76. The minimum absolute atomic E-state index is 0. The average molecular weight is 447 g/mol. The van der Waals surface area contributed by atoms with Gasteiger partial charge in [-0.3, -0.25) is 0 Å². The van der Waals surface area contributed by atoms with Crippen LogP contribution in [0, 0.1) is 5.82 Å². The number of hydrogen-bond acceptors (Lipinski definition) is 2. The summed E-state index contributed by atoms with van der Waals surface area (Å²) in [6, 6.07) is 29.2. The Hall–Kier alpha value is -1.91. The first kappa shape index (κ1) is 24.4. The molecule has 1 aliphatic rings. The van der Waals surface area contributed by atoms with E-state index in [4.69, 9.17) is 0 Å². The Labute approximate surface area is 191 Å². The van der Waals surface area contributed by atoms with Crippen LogP contribution >= 0.6 is 24.8 Å². The zero-order chi connectivity index (χ0) is 19.2. The van der Waals surface area contributed by atoms with E-state index in [0.717, 1.165) is 31.5 Å². The summed E-state index contributed by atoms with van der Waals surface area (Å²) < 4.78 is 13.0. The van der Waals surface area contributed by atoms with Crippen LogP contribution in [0.4, 0.5) is 4.39 Å². The summed E-state index contributed by atoms with van der Waals surface area (Å²) in [6.45, 7) is 1.72. The highest BCUT2D eigenvalue weighted by molar-refractivity contribution is 5.85. The number of rotatable bonds is 6. The molecule has 0 saturated carbocycles. The molecule has 1 saturated heterocycles. The smallest absolute Gasteiger partial charge is 0.123 e. The predicted molar refractivity (Wildman–Crippen MR) is 127 cm³/mol. The van der Waals surface area contributed by atoms with E-state index in [1.807, 2.05) is 12.1 Å². The fraction of sp³-hybridized carbons (Fsp3) is 0.280. The number of hydrogen-bond donors (Lipinski definition) is 2. The van der Waals surface area contributed by atoms with Crippen molar-refractivity contribution in [2.24, 2.45) is 0 Å². The van der Waals surface area contributed by atoms with Crippen molar-refractivity contribution in [3.63, 3.8) is 0 Å². The van der Waals surface area contributed by atoms with Gasteiger partial charge in [0, 0.05) is 31.1 Å². The highest BCUT2D eigenvalue weighted by Gasteiger charge is 2.29. The van der Waals surface area contributed by atoms with Gasteiger partial charge in [0.25, 0.3) is 0 Å². The van der Waals surface area contributed by atoms with E-state index in [-0.39, 0.29) is 30.6 Å². The molecule has 5 heteroatoms. The molecule has 0 amide bonds. The van der Waals surface area contributed by atoms with Gasteiger partial charge in [-0.2, -0.15) is 0 Å². The molecule has 1 fully saturated rings. The third kappa shape index (κ3) is 6.29. The largest absolute Gasteiger partial charge is 0.311 e. The third-order valence-corrected chi connectivity index (χ3v) is 5.68. The molecule has 3 aromatic rings. The van der Waals surface area contributed by atoms with Crippen LogP contribution in [0.2, 0.25) is 0 Å². The van der Waals surface area contributed by atoms with Crippen molar-refractivity contribution in [1.29, 1.82) is 0 Å². The second-order valence-electron chi connectivity index (χ2n) is 7.60. The van der Waals surface area contributed by atoms with Gasteiger partial charge >= 0.3 is 0 Å². The second kappa shape index (κ2) is 12.1. The van der Waals surface area contributed by atoms with Crippen LogP contribution in [-0.2, 0) is 6.54 Å². The molecule has 0 bridgehead atoms. The summed E-state index contributed by atoms with van der Waals surface area (Å²) in [5, 5.41) is 7.40. The van der Waals surface area contributed by atoms with Crippen molar-refractivity contribution in [2.45, 2.75) is 37.4 Å². The van der Waals surface area contributed by atoms with Gasteiger partial charge in [-0.05, 0) is 41.7 Å². The monoisotopic (exact) mass is 446 g/mol. The Morgan fingerprint density at radius 3 is 1.87 bits per heavy atom. The van der Waals surface area contributed by atoms with E-state index in [9.17, 15) is 4.39 Å². The minimum atomic E-state index is -0.182. The molecule has 2 N–H and O–H groups in total. The number of nitrogens with one attached hydrogen (secondary N) is 2. The molecule has 2 nitrogen and oxygen atoms in total. The summed E-state index contributed by atoms with van der Waals surface area (Å²) in [5.74, 6) is 0.180. The molecule has 2 atom stereocenters. The Kier molecular flexibility index (Phi) is 9.80. The molecular weight excluding hydrogens is 418 g/mol. The van der Waals surface area contributed by atoms with Gasteiger partial charge in [0.05, 0.1) is 0 Å². The van der Waals surface area contributed by atoms with Gasteiger partial charge in [-0.25, -0.2) is 4.39 Å². The molecule has 1 heterocycles. The van der Waals surface area contributed by atoms with Crippen molar-refractivity contribution in [3.05, 3.63) is 107 Å². The fourth-order valence-electron chi connectivity index (χ4n) is 4.18. The molecule has 0 radical (unpaired) electrons. The SMILES string of the molecule is Cl.Cl.Fc1ccc(CN[C@H]2CC[C@@H](C(c3ccccc3)c3ccccc3)NC2)cc1. The van der Waals surface area contributed by atoms with E-state index < -0.39 is 0 Å². The maximum atomic E-state index is 13.0. The van der Waals surface area contributed by atoms with E-state index in [1.165, 1.54) is 23.3 Å². The van der Waals surface area contributed by atoms with Crippen molar-refractivity contribution >= 4 is 24.8 Å². The summed E-state index contributed by atoms with van der Waals surface area (Å²) in [6.07, 6.45) is 2.25. The van der Waals surface area contributed by atoms with Gasteiger partial charge in [0.2, 0.25) is 0 Å². The number of benzene rings is 3. The zero-order valence-electron chi connectivity index (χ0n) is 16.8. The lowest BCUT2D eigenvalue weighted by molar-refractivity contribution is 0.307. The lowest BCUT2D eigenvalue weighted by Gasteiger charge is -2.36. The molecule has 1 aliphatic heterocycles. The van der Waals surface area contributed by atoms with Gasteiger partial charge < -0.3 is 10.6 Å². The topological polar surface area (TPSA) is 24.1 Å². The van der Waals surface area contributed by atoms with Crippen LogP contribution in [0.5, 0.6) is 0 Å². The first-order valence-electron chi connectivity index (χ1n) is 10.1. The quantitative estimate of drug-likeness (QED) is 0.506. The van der Waals surface area contributed by atoms with E-state index >= 15 is 0 Å². The Bertz CT molecular complexity index is 812. The summed E-state index contributed by atoms with van der Waals surface area (Å²) in [5.41, 5.74) is 3.85. The lowest BCUT2D eigenvalue weighted by atomic mass is 9.81.